The van der Waals surface area contributed by atoms with Gasteiger partial charge in [0.25, 0.3) is 0 Å². The van der Waals surface area contributed by atoms with Crippen LogP contribution in [0.15, 0.2) is 24.3 Å². The number of ether oxygens (including phenoxy) is 1. The predicted octanol–water partition coefficient (Wildman–Crippen LogP) is 2.04. The van der Waals surface area contributed by atoms with Crippen molar-refractivity contribution < 1.29 is 13.9 Å². The first kappa shape index (κ1) is 9.19. The van der Waals surface area contributed by atoms with E-state index in [0.717, 1.165) is 5.56 Å². The number of carbonyl (C=O) groups excluding carboxylic acids is 1. The third kappa shape index (κ3) is 1.29. The third-order valence-electron chi connectivity index (χ3n) is 2.65. The molecule has 0 amide bonds. The number of esters is 1. The fraction of sp³-hybridized carbons (Fsp3) is 0.364. The maximum Gasteiger partial charge on any atom is 0.312 e. The van der Waals surface area contributed by atoms with Crippen LogP contribution >= 0.6 is 0 Å². The van der Waals surface area contributed by atoms with E-state index in [9.17, 15) is 9.18 Å². The van der Waals surface area contributed by atoms with Gasteiger partial charge in [-0.2, -0.15) is 0 Å². The Morgan fingerprint density at radius 3 is 2.86 bits per heavy atom. The highest BCUT2D eigenvalue weighted by Crippen LogP contribution is 2.39. The number of alkyl halides is 1. The zero-order valence-corrected chi connectivity index (χ0v) is 7.87. The summed E-state index contributed by atoms with van der Waals surface area (Å²) in [7, 11) is 1.29. The van der Waals surface area contributed by atoms with Crippen LogP contribution in [0, 0.1) is 5.92 Å². The number of hydrogen-bond acceptors (Lipinski definition) is 2. The Morgan fingerprint density at radius 2 is 2.21 bits per heavy atom. The lowest BCUT2D eigenvalue weighted by molar-refractivity contribution is -0.147. The van der Waals surface area contributed by atoms with E-state index >= 15 is 0 Å². The molecule has 0 aromatic heterocycles. The van der Waals surface area contributed by atoms with Crippen LogP contribution in [0.2, 0.25) is 0 Å². The largest absolute Gasteiger partial charge is 0.469 e. The first-order valence-corrected chi connectivity index (χ1v) is 4.53. The molecule has 2 rings (SSSR count). The van der Waals surface area contributed by atoms with E-state index in [1.807, 2.05) is 12.1 Å². The zero-order chi connectivity index (χ0) is 10.1. The highest BCUT2D eigenvalue weighted by atomic mass is 19.1. The molecule has 0 spiro atoms. The maximum absolute atomic E-state index is 13.7. The molecular weight excluding hydrogens is 183 g/mol. The maximum atomic E-state index is 13.7. The SMILES string of the molecule is COC(=O)[C@@H]1Cc2ccccc2[C@H]1F. The fourth-order valence-corrected chi connectivity index (χ4v) is 1.90. The molecule has 3 heteroatoms. The second-order valence-corrected chi connectivity index (χ2v) is 3.43. The molecule has 0 unspecified atom stereocenters. The third-order valence-corrected chi connectivity index (χ3v) is 2.65. The van der Waals surface area contributed by atoms with Gasteiger partial charge in [-0.1, -0.05) is 24.3 Å². The molecule has 2 nitrogen and oxygen atoms in total. The molecule has 0 heterocycles. The second kappa shape index (κ2) is 3.40. The lowest BCUT2D eigenvalue weighted by Gasteiger charge is -2.09. The van der Waals surface area contributed by atoms with E-state index in [2.05, 4.69) is 4.74 Å². The molecule has 1 aromatic carbocycles. The zero-order valence-electron chi connectivity index (χ0n) is 7.87. The Morgan fingerprint density at radius 1 is 1.50 bits per heavy atom. The molecule has 0 bridgehead atoms. The van der Waals surface area contributed by atoms with Crippen LogP contribution in [0.3, 0.4) is 0 Å². The van der Waals surface area contributed by atoms with Crippen LogP contribution in [0.1, 0.15) is 17.3 Å². The van der Waals surface area contributed by atoms with Crippen molar-refractivity contribution in [2.45, 2.75) is 12.6 Å². The number of benzene rings is 1. The van der Waals surface area contributed by atoms with Gasteiger partial charge in [0, 0.05) is 0 Å². The first-order valence-electron chi connectivity index (χ1n) is 4.53. The van der Waals surface area contributed by atoms with Crippen LogP contribution < -0.4 is 0 Å². The molecule has 0 radical (unpaired) electrons. The molecular formula is C11H11FO2. The van der Waals surface area contributed by atoms with Gasteiger partial charge >= 0.3 is 5.97 Å². The van der Waals surface area contributed by atoms with Gasteiger partial charge in [-0.3, -0.25) is 4.79 Å². The van der Waals surface area contributed by atoms with Gasteiger partial charge in [0.15, 0.2) is 0 Å². The lowest BCUT2D eigenvalue weighted by atomic mass is 10.1. The Hall–Kier alpha value is -1.38. The summed E-state index contributed by atoms with van der Waals surface area (Å²) in [6.45, 7) is 0. The van der Waals surface area contributed by atoms with Gasteiger partial charge in [-0.05, 0) is 17.5 Å². The Bertz CT molecular complexity index is 362. The van der Waals surface area contributed by atoms with Gasteiger partial charge in [0.05, 0.1) is 13.0 Å². The number of halogens is 1. The minimum atomic E-state index is -1.21. The molecule has 1 aliphatic carbocycles. The minimum Gasteiger partial charge on any atom is -0.469 e. The number of hydrogen-bond donors (Lipinski definition) is 0. The van der Waals surface area contributed by atoms with Crippen molar-refractivity contribution in [3.05, 3.63) is 35.4 Å². The van der Waals surface area contributed by atoms with Gasteiger partial charge in [0.2, 0.25) is 0 Å². The van der Waals surface area contributed by atoms with Crippen molar-refractivity contribution in [1.82, 2.24) is 0 Å². The van der Waals surface area contributed by atoms with E-state index in [1.165, 1.54) is 7.11 Å². The van der Waals surface area contributed by atoms with Gasteiger partial charge in [-0.25, -0.2) is 4.39 Å². The number of fused-ring (bicyclic) bond motifs is 1. The lowest BCUT2D eigenvalue weighted by Crippen LogP contribution is -2.18. The minimum absolute atomic E-state index is 0.448. The summed E-state index contributed by atoms with van der Waals surface area (Å²) in [5.74, 6) is -1.12. The molecule has 74 valence electrons. The summed E-state index contributed by atoms with van der Waals surface area (Å²) >= 11 is 0. The van der Waals surface area contributed by atoms with Crippen LogP contribution in [0.25, 0.3) is 0 Å². The quantitative estimate of drug-likeness (QED) is 0.639. The van der Waals surface area contributed by atoms with Crippen molar-refractivity contribution in [2.24, 2.45) is 5.92 Å². The molecule has 0 saturated carbocycles. The normalized spacial score (nSPS) is 24.4. The van der Waals surface area contributed by atoms with Gasteiger partial charge < -0.3 is 4.74 Å². The Labute approximate surface area is 81.7 Å². The molecule has 0 saturated heterocycles. The first-order chi connectivity index (χ1) is 6.74. The predicted molar refractivity (Wildman–Crippen MR) is 49.5 cm³/mol. The van der Waals surface area contributed by atoms with Gasteiger partial charge in [-0.15, -0.1) is 0 Å². The number of carbonyl (C=O) groups is 1. The van der Waals surface area contributed by atoms with Crippen molar-refractivity contribution in [3.63, 3.8) is 0 Å². The summed E-state index contributed by atoms with van der Waals surface area (Å²) in [5.41, 5.74) is 1.54. The van der Waals surface area contributed by atoms with E-state index in [4.69, 9.17) is 0 Å². The van der Waals surface area contributed by atoms with E-state index in [0.29, 0.717) is 12.0 Å². The van der Waals surface area contributed by atoms with E-state index in [-0.39, 0.29) is 0 Å². The summed E-state index contributed by atoms with van der Waals surface area (Å²) in [6, 6.07) is 7.21. The second-order valence-electron chi connectivity index (χ2n) is 3.43. The van der Waals surface area contributed by atoms with Crippen molar-refractivity contribution in [1.29, 1.82) is 0 Å². The van der Waals surface area contributed by atoms with Gasteiger partial charge in [0.1, 0.15) is 6.17 Å². The van der Waals surface area contributed by atoms with E-state index < -0.39 is 18.1 Å². The van der Waals surface area contributed by atoms with Crippen molar-refractivity contribution in [2.75, 3.05) is 7.11 Å². The smallest absolute Gasteiger partial charge is 0.312 e. The number of rotatable bonds is 1. The van der Waals surface area contributed by atoms with Crippen LogP contribution in [0.4, 0.5) is 4.39 Å². The molecule has 2 atom stereocenters. The summed E-state index contributed by atoms with van der Waals surface area (Å²) in [5, 5.41) is 0. The molecule has 0 N–H and O–H groups in total. The standard InChI is InChI=1S/C11H11FO2/c1-14-11(13)9-6-7-4-2-3-5-8(7)10(9)12/h2-5,9-10H,6H2,1H3/t9-,10-/m1/s1. The molecule has 0 fully saturated rings. The van der Waals surface area contributed by atoms with Crippen molar-refractivity contribution in [3.8, 4) is 0 Å². The highest BCUT2D eigenvalue weighted by Gasteiger charge is 2.37. The topological polar surface area (TPSA) is 26.3 Å². The Balaban J connectivity index is 2.30. The molecule has 1 aliphatic rings. The highest BCUT2D eigenvalue weighted by molar-refractivity contribution is 5.75. The summed E-state index contributed by atoms with van der Waals surface area (Å²) in [6.07, 6.45) is -0.761. The molecule has 1 aromatic rings. The van der Waals surface area contributed by atoms with Crippen molar-refractivity contribution >= 4 is 5.97 Å². The Kier molecular flexibility index (Phi) is 2.23. The van der Waals surface area contributed by atoms with Crippen LogP contribution in [-0.4, -0.2) is 13.1 Å². The summed E-state index contributed by atoms with van der Waals surface area (Å²) < 4.78 is 18.3. The monoisotopic (exact) mass is 194 g/mol. The molecule has 14 heavy (non-hydrogen) atoms. The van der Waals surface area contributed by atoms with Crippen LogP contribution in [-0.2, 0) is 16.0 Å². The molecule has 0 aliphatic heterocycles. The summed E-state index contributed by atoms with van der Waals surface area (Å²) in [4.78, 5) is 11.2. The van der Waals surface area contributed by atoms with E-state index in [1.54, 1.807) is 12.1 Å². The average molecular weight is 194 g/mol. The van der Waals surface area contributed by atoms with Crippen LogP contribution in [0.5, 0.6) is 0 Å². The number of methoxy groups -OCH3 is 1. The fourth-order valence-electron chi connectivity index (χ4n) is 1.90. The average Bonchev–Trinajstić information content (AvgIpc) is 2.56.